The number of esters is 1. The maximum atomic E-state index is 11.3. The predicted molar refractivity (Wildman–Crippen MR) is 50.2 cm³/mol. The van der Waals surface area contributed by atoms with Gasteiger partial charge >= 0.3 is 12.1 Å². The first-order valence-corrected chi connectivity index (χ1v) is 4.42. The number of hydrogen-bond acceptors (Lipinski definition) is 4. The Morgan fingerprint density at radius 1 is 1.43 bits per heavy atom. The van der Waals surface area contributed by atoms with Crippen LogP contribution in [-0.2, 0) is 14.3 Å². The van der Waals surface area contributed by atoms with E-state index in [1.165, 1.54) is 0 Å². The van der Waals surface area contributed by atoms with E-state index in [-0.39, 0.29) is 12.5 Å². The molecule has 1 unspecified atom stereocenters. The fourth-order valence-corrected chi connectivity index (χ4v) is 0.898. The number of carbonyl (C=O) groups is 2. The molecule has 0 aliphatic rings. The molecule has 1 atom stereocenters. The molecule has 0 aromatic carbocycles. The van der Waals surface area contributed by atoms with Gasteiger partial charge in [-0.3, -0.25) is 0 Å². The molecule has 5 heteroatoms. The van der Waals surface area contributed by atoms with Gasteiger partial charge in [0.1, 0.15) is 13.2 Å². The minimum Gasteiger partial charge on any atom is -0.464 e. The fourth-order valence-electron chi connectivity index (χ4n) is 0.898. The Labute approximate surface area is 83.8 Å². The van der Waals surface area contributed by atoms with E-state index >= 15 is 0 Å². The Balaban J connectivity index is 4.29. The van der Waals surface area contributed by atoms with E-state index in [1.54, 1.807) is 20.8 Å². The molecule has 14 heavy (non-hydrogen) atoms. The monoisotopic (exact) mass is 202 g/mol. The molecular weight excluding hydrogens is 186 g/mol. The molecule has 0 spiro atoms. The van der Waals surface area contributed by atoms with Gasteiger partial charge in [0.05, 0.1) is 6.61 Å². The Bertz CT molecular complexity index is 203. The van der Waals surface area contributed by atoms with Gasteiger partial charge in [-0.1, -0.05) is 13.8 Å². The highest BCUT2D eigenvalue weighted by molar-refractivity contribution is 5.81. The highest BCUT2D eigenvalue weighted by atomic mass is 16.5. The van der Waals surface area contributed by atoms with Gasteiger partial charge in [-0.15, -0.1) is 0 Å². The van der Waals surface area contributed by atoms with Crippen LogP contribution >= 0.6 is 0 Å². The highest BCUT2D eigenvalue weighted by Gasteiger charge is 2.25. The third-order valence-corrected chi connectivity index (χ3v) is 1.61. The molecule has 1 N–H and O–H groups in total. The number of amides is 1. The second-order valence-corrected chi connectivity index (χ2v) is 3.05. The SMILES string of the molecule is [CH2]OC(=O)NC(C(=O)OCC)C(C)C. The van der Waals surface area contributed by atoms with E-state index in [4.69, 9.17) is 4.74 Å². The maximum absolute atomic E-state index is 11.3. The summed E-state index contributed by atoms with van der Waals surface area (Å²) in [5.74, 6) is -0.527. The van der Waals surface area contributed by atoms with Crippen LogP contribution in [0.15, 0.2) is 0 Å². The Morgan fingerprint density at radius 3 is 2.36 bits per heavy atom. The average molecular weight is 202 g/mol. The lowest BCUT2D eigenvalue weighted by atomic mass is 10.1. The summed E-state index contributed by atoms with van der Waals surface area (Å²) in [6.45, 7) is 5.58. The van der Waals surface area contributed by atoms with Gasteiger partial charge in [0.2, 0.25) is 0 Å². The van der Waals surface area contributed by atoms with Gasteiger partial charge in [-0.25, -0.2) is 9.59 Å². The number of hydrogen-bond donors (Lipinski definition) is 1. The first kappa shape index (κ1) is 12.7. The molecular formula is C9H16NO4. The van der Waals surface area contributed by atoms with Crippen molar-refractivity contribution in [3.63, 3.8) is 0 Å². The van der Waals surface area contributed by atoms with Crippen molar-refractivity contribution in [1.29, 1.82) is 0 Å². The Kier molecular flexibility index (Phi) is 5.67. The molecule has 1 radical (unpaired) electrons. The van der Waals surface area contributed by atoms with Crippen LogP contribution in [0.3, 0.4) is 0 Å². The smallest absolute Gasteiger partial charge is 0.407 e. The summed E-state index contributed by atoms with van der Waals surface area (Å²) in [5, 5.41) is 2.35. The van der Waals surface area contributed by atoms with E-state index in [0.29, 0.717) is 0 Å². The van der Waals surface area contributed by atoms with Crippen LogP contribution in [0.5, 0.6) is 0 Å². The first-order valence-electron chi connectivity index (χ1n) is 4.42. The van der Waals surface area contributed by atoms with Crippen molar-refractivity contribution in [2.75, 3.05) is 6.61 Å². The van der Waals surface area contributed by atoms with E-state index in [2.05, 4.69) is 17.2 Å². The van der Waals surface area contributed by atoms with Crippen molar-refractivity contribution in [2.45, 2.75) is 26.8 Å². The molecule has 0 aromatic heterocycles. The topological polar surface area (TPSA) is 64.6 Å². The van der Waals surface area contributed by atoms with Crippen molar-refractivity contribution in [2.24, 2.45) is 5.92 Å². The predicted octanol–water partition coefficient (Wildman–Crippen LogP) is 1.09. The van der Waals surface area contributed by atoms with Gasteiger partial charge in [-0.05, 0) is 12.8 Å². The summed E-state index contributed by atoms with van der Waals surface area (Å²) in [7, 11) is 2.94. The van der Waals surface area contributed by atoms with Crippen LogP contribution < -0.4 is 5.32 Å². The molecule has 1 amide bonds. The molecule has 5 nitrogen and oxygen atoms in total. The molecule has 0 rings (SSSR count). The lowest BCUT2D eigenvalue weighted by Gasteiger charge is -2.19. The van der Waals surface area contributed by atoms with Crippen LogP contribution in [0.4, 0.5) is 4.79 Å². The summed E-state index contributed by atoms with van der Waals surface area (Å²) in [4.78, 5) is 22.2. The van der Waals surface area contributed by atoms with E-state index in [1.807, 2.05) is 0 Å². The summed E-state index contributed by atoms with van der Waals surface area (Å²) in [6.07, 6.45) is -0.739. The zero-order valence-corrected chi connectivity index (χ0v) is 8.70. The lowest BCUT2D eigenvalue weighted by Crippen LogP contribution is -2.45. The van der Waals surface area contributed by atoms with Crippen LogP contribution in [0.2, 0.25) is 0 Å². The van der Waals surface area contributed by atoms with Crippen LogP contribution in [0.1, 0.15) is 20.8 Å². The van der Waals surface area contributed by atoms with Gasteiger partial charge < -0.3 is 14.8 Å². The zero-order valence-electron chi connectivity index (χ0n) is 8.70. The van der Waals surface area contributed by atoms with Gasteiger partial charge in [0, 0.05) is 0 Å². The van der Waals surface area contributed by atoms with Crippen molar-refractivity contribution < 1.29 is 19.1 Å². The standard InChI is InChI=1S/C9H16NO4/c1-5-14-8(11)7(6(2)3)10-9(12)13-4/h6-7H,4-5H2,1-3H3,(H,10,12). The summed E-state index contributed by atoms with van der Waals surface area (Å²) < 4.78 is 8.93. The zero-order chi connectivity index (χ0) is 11.1. The molecule has 0 aliphatic heterocycles. The third-order valence-electron chi connectivity index (χ3n) is 1.61. The van der Waals surface area contributed by atoms with Crippen LogP contribution in [0, 0.1) is 13.0 Å². The number of rotatable bonds is 4. The highest BCUT2D eigenvalue weighted by Crippen LogP contribution is 2.04. The van der Waals surface area contributed by atoms with Gasteiger partial charge in [0.15, 0.2) is 0 Å². The van der Waals surface area contributed by atoms with E-state index in [9.17, 15) is 9.59 Å². The first-order chi connectivity index (χ1) is 6.52. The minimum atomic E-state index is -0.739. The van der Waals surface area contributed by atoms with Crippen molar-refractivity contribution in [3.8, 4) is 0 Å². The quantitative estimate of drug-likeness (QED) is 0.693. The molecule has 0 aromatic rings. The van der Waals surface area contributed by atoms with Crippen LogP contribution in [-0.4, -0.2) is 24.7 Å². The fraction of sp³-hybridized carbons (Fsp3) is 0.667. The number of nitrogens with one attached hydrogen (secondary N) is 1. The second-order valence-electron chi connectivity index (χ2n) is 3.05. The summed E-state index contributed by atoms with van der Waals surface area (Å²) in [5.41, 5.74) is 0. The third kappa shape index (κ3) is 4.11. The molecule has 0 saturated carbocycles. The molecule has 0 bridgehead atoms. The molecule has 0 aliphatic carbocycles. The molecule has 0 saturated heterocycles. The maximum Gasteiger partial charge on any atom is 0.407 e. The number of ether oxygens (including phenoxy) is 2. The summed E-state index contributed by atoms with van der Waals surface area (Å²) >= 11 is 0. The normalized spacial score (nSPS) is 12.1. The number of alkyl carbamates (subject to hydrolysis) is 1. The largest absolute Gasteiger partial charge is 0.464 e. The van der Waals surface area contributed by atoms with E-state index < -0.39 is 18.1 Å². The molecule has 0 heterocycles. The second kappa shape index (κ2) is 6.23. The minimum absolute atomic E-state index is 0.0619. The van der Waals surface area contributed by atoms with Crippen molar-refractivity contribution in [1.82, 2.24) is 5.32 Å². The van der Waals surface area contributed by atoms with Crippen molar-refractivity contribution >= 4 is 12.1 Å². The van der Waals surface area contributed by atoms with Gasteiger partial charge in [0.25, 0.3) is 0 Å². The lowest BCUT2D eigenvalue weighted by molar-refractivity contribution is -0.146. The average Bonchev–Trinajstić information content (AvgIpc) is 2.13. The van der Waals surface area contributed by atoms with Gasteiger partial charge in [-0.2, -0.15) is 0 Å². The van der Waals surface area contributed by atoms with Crippen LogP contribution in [0.25, 0.3) is 0 Å². The van der Waals surface area contributed by atoms with Crippen molar-refractivity contribution in [3.05, 3.63) is 7.11 Å². The molecule has 0 fully saturated rings. The Hall–Kier alpha value is -1.26. The Morgan fingerprint density at radius 2 is 2.00 bits per heavy atom. The summed E-state index contributed by atoms with van der Waals surface area (Å²) in [6, 6.07) is -0.691. The number of carbonyl (C=O) groups excluding carboxylic acids is 2. The molecule has 81 valence electrons. The van der Waals surface area contributed by atoms with E-state index in [0.717, 1.165) is 0 Å².